The molecule has 0 spiro atoms. The van der Waals surface area contributed by atoms with Crippen molar-refractivity contribution in [3.63, 3.8) is 0 Å². The first-order valence-corrected chi connectivity index (χ1v) is 7.88. The lowest BCUT2D eigenvalue weighted by molar-refractivity contribution is 0.239. The van der Waals surface area contributed by atoms with Gasteiger partial charge in [-0.15, -0.1) is 16.4 Å². The highest BCUT2D eigenvalue weighted by atomic mass is 32.1. The number of para-hydroxylation sites is 1. The van der Waals surface area contributed by atoms with Crippen molar-refractivity contribution in [2.45, 2.75) is 19.5 Å². The monoisotopic (exact) mass is 297 g/mol. The molecule has 0 atom stereocenters. The molecular formula is C15H15N5S. The van der Waals surface area contributed by atoms with Gasteiger partial charge in [0.15, 0.2) is 5.82 Å². The van der Waals surface area contributed by atoms with Gasteiger partial charge in [-0.3, -0.25) is 4.90 Å². The summed E-state index contributed by atoms with van der Waals surface area (Å²) in [5.74, 6) is 0.889. The van der Waals surface area contributed by atoms with Gasteiger partial charge in [-0.2, -0.15) is 4.68 Å². The van der Waals surface area contributed by atoms with Gasteiger partial charge in [0.1, 0.15) is 0 Å². The number of aromatic nitrogens is 4. The van der Waals surface area contributed by atoms with E-state index in [1.807, 2.05) is 46.4 Å². The molecule has 0 unspecified atom stereocenters. The fraction of sp³-hybridized carbons (Fsp3) is 0.267. The molecule has 3 aromatic rings. The topological polar surface area (TPSA) is 46.8 Å². The average molecular weight is 297 g/mol. The molecule has 106 valence electrons. The summed E-state index contributed by atoms with van der Waals surface area (Å²) in [6, 6.07) is 12.3. The molecule has 2 aromatic heterocycles. The summed E-state index contributed by atoms with van der Waals surface area (Å²) in [6.45, 7) is 2.83. The predicted octanol–water partition coefficient (Wildman–Crippen LogP) is 2.28. The summed E-state index contributed by atoms with van der Waals surface area (Å²) in [6.07, 6.45) is 1.12. The van der Waals surface area contributed by atoms with E-state index >= 15 is 0 Å². The zero-order valence-electron chi connectivity index (χ0n) is 11.5. The Balaban J connectivity index is 1.55. The molecule has 0 radical (unpaired) electrons. The molecule has 0 bridgehead atoms. The molecule has 21 heavy (non-hydrogen) atoms. The minimum Gasteiger partial charge on any atom is -0.291 e. The van der Waals surface area contributed by atoms with E-state index < -0.39 is 0 Å². The standard InChI is InChI=1S/C15H15N5S/c1-2-4-13(5-3-1)20-15(16-17-18-20)11-19-8-6-14-12(10-19)7-9-21-14/h1-5,7,9H,6,8,10-11H2. The summed E-state index contributed by atoms with van der Waals surface area (Å²) in [5.41, 5.74) is 2.45. The summed E-state index contributed by atoms with van der Waals surface area (Å²) in [5, 5.41) is 14.3. The van der Waals surface area contributed by atoms with E-state index in [1.165, 1.54) is 10.4 Å². The van der Waals surface area contributed by atoms with Crippen LogP contribution in [0.2, 0.25) is 0 Å². The second-order valence-corrected chi connectivity index (χ2v) is 6.17. The van der Waals surface area contributed by atoms with Crippen LogP contribution in [0.15, 0.2) is 41.8 Å². The average Bonchev–Trinajstić information content (AvgIpc) is 3.16. The highest BCUT2D eigenvalue weighted by molar-refractivity contribution is 7.10. The Hall–Kier alpha value is -2.05. The summed E-state index contributed by atoms with van der Waals surface area (Å²) in [4.78, 5) is 3.93. The van der Waals surface area contributed by atoms with Crippen LogP contribution in [0.1, 0.15) is 16.3 Å². The van der Waals surface area contributed by atoms with Crippen molar-refractivity contribution in [2.24, 2.45) is 0 Å². The van der Waals surface area contributed by atoms with Gasteiger partial charge < -0.3 is 0 Å². The quantitative estimate of drug-likeness (QED) is 0.744. The van der Waals surface area contributed by atoms with Gasteiger partial charge in [-0.05, 0) is 46.0 Å². The Bertz CT molecular complexity index is 733. The Kier molecular flexibility index (Phi) is 3.25. The van der Waals surface area contributed by atoms with E-state index in [2.05, 4.69) is 31.9 Å². The van der Waals surface area contributed by atoms with Crippen LogP contribution in [0.25, 0.3) is 5.69 Å². The zero-order chi connectivity index (χ0) is 14.1. The fourth-order valence-electron chi connectivity index (χ4n) is 2.72. The van der Waals surface area contributed by atoms with Crippen molar-refractivity contribution in [3.05, 3.63) is 58.0 Å². The van der Waals surface area contributed by atoms with Crippen LogP contribution in [-0.2, 0) is 19.5 Å². The normalized spacial score (nSPS) is 15.0. The van der Waals surface area contributed by atoms with Gasteiger partial charge in [-0.1, -0.05) is 18.2 Å². The van der Waals surface area contributed by atoms with Crippen LogP contribution in [0.3, 0.4) is 0 Å². The number of thiophene rings is 1. The maximum Gasteiger partial charge on any atom is 0.170 e. The zero-order valence-corrected chi connectivity index (χ0v) is 12.3. The third-order valence-electron chi connectivity index (χ3n) is 3.79. The SMILES string of the molecule is c1ccc(-n2nnnc2CN2CCc3sccc3C2)cc1. The van der Waals surface area contributed by atoms with E-state index in [-0.39, 0.29) is 0 Å². The molecule has 0 aliphatic carbocycles. The van der Waals surface area contributed by atoms with Crippen molar-refractivity contribution in [2.75, 3.05) is 6.54 Å². The number of fused-ring (bicyclic) bond motifs is 1. The summed E-state index contributed by atoms with van der Waals surface area (Å²) < 4.78 is 1.82. The van der Waals surface area contributed by atoms with Crippen molar-refractivity contribution in [3.8, 4) is 5.69 Å². The van der Waals surface area contributed by atoms with Crippen LogP contribution in [0, 0.1) is 0 Å². The van der Waals surface area contributed by atoms with Gasteiger partial charge in [0.25, 0.3) is 0 Å². The second kappa shape index (κ2) is 5.38. The number of hydrogen-bond acceptors (Lipinski definition) is 5. The lowest BCUT2D eigenvalue weighted by Gasteiger charge is -2.26. The summed E-state index contributed by atoms with van der Waals surface area (Å²) >= 11 is 1.86. The number of tetrazole rings is 1. The Morgan fingerprint density at radius 2 is 2.05 bits per heavy atom. The number of rotatable bonds is 3. The molecule has 4 rings (SSSR count). The van der Waals surface area contributed by atoms with E-state index in [9.17, 15) is 0 Å². The second-order valence-electron chi connectivity index (χ2n) is 5.17. The Morgan fingerprint density at radius 1 is 1.14 bits per heavy atom. The van der Waals surface area contributed by atoms with Gasteiger partial charge in [0.05, 0.1) is 12.2 Å². The Labute approximate surface area is 126 Å². The summed E-state index contributed by atoms with van der Waals surface area (Å²) in [7, 11) is 0. The number of hydrogen-bond donors (Lipinski definition) is 0. The molecule has 0 fully saturated rings. The molecular weight excluding hydrogens is 282 g/mol. The molecule has 0 saturated heterocycles. The van der Waals surface area contributed by atoms with E-state index in [0.717, 1.165) is 37.6 Å². The van der Waals surface area contributed by atoms with E-state index in [1.54, 1.807) is 0 Å². The van der Waals surface area contributed by atoms with Crippen molar-refractivity contribution in [1.82, 2.24) is 25.1 Å². The highest BCUT2D eigenvalue weighted by Crippen LogP contribution is 2.24. The molecule has 0 saturated carbocycles. The lowest BCUT2D eigenvalue weighted by atomic mass is 10.1. The van der Waals surface area contributed by atoms with Crippen LogP contribution < -0.4 is 0 Å². The largest absolute Gasteiger partial charge is 0.291 e. The maximum atomic E-state index is 4.19. The first-order chi connectivity index (χ1) is 10.4. The van der Waals surface area contributed by atoms with E-state index in [4.69, 9.17) is 0 Å². The smallest absolute Gasteiger partial charge is 0.170 e. The molecule has 0 amide bonds. The third kappa shape index (κ3) is 2.48. The van der Waals surface area contributed by atoms with Gasteiger partial charge >= 0.3 is 0 Å². The van der Waals surface area contributed by atoms with Gasteiger partial charge in [-0.25, -0.2) is 0 Å². The maximum absolute atomic E-state index is 4.19. The first-order valence-electron chi connectivity index (χ1n) is 7.00. The van der Waals surface area contributed by atoms with Crippen LogP contribution in [-0.4, -0.2) is 31.7 Å². The van der Waals surface area contributed by atoms with Crippen LogP contribution >= 0.6 is 11.3 Å². The van der Waals surface area contributed by atoms with Crippen molar-refractivity contribution in [1.29, 1.82) is 0 Å². The van der Waals surface area contributed by atoms with Crippen molar-refractivity contribution >= 4 is 11.3 Å². The molecule has 5 nitrogen and oxygen atoms in total. The minimum atomic E-state index is 0.775. The molecule has 0 N–H and O–H groups in total. The van der Waals surface area contributed by atoms with Crippen molar-refractivity contribution < 1.29 is 0 Å². The first kappa shape index (κ1) is 12.7. The predicted molar refractivity (Wildman–Crippen MR) is 81.3 cm³/mol. The molecule has 1 aromatic carbocycles. The third-order valence-corrected chi connectivity index (χ3v) is 4.81. The fourth-order valence-corrected chi connectivity index (χ4v) is 3.61. The Morgan fingerprint density at radius 3 is 2.95 bits per heavy atom. The minimum absolute atomic E-state index is 0.775. The van der Waals surface area contributed by atoms with Gasteiger partial charge in [0, 0.05) is 18.0 Å². The highest BCUT2D eigenvalue weighted by Gasteiger charge is 2.19. The molecule has 1 aliphatic rings. The number of benzene rings is 1. The van der Waals surface area contributed by atoms with Gasteiger partial charge in [0.2, 0.25) is 0 Å². The molecule has 1 aliphatic heterocycles. The molecule has 3 heterocycles. The van der Waals surface area contributed by atoms with Crippen LogP contribution in [0.5, 0.6) is 0 Å². The molecule has 6 heteroatoms. The lowest BCUT2D eigenvalue weighted by Crippen LogP contribution is -2.30. The van der Waals surface area contributed by atoms with E-state index in [0.29, 0.717) is 0 Å². The van der Waals surface area contributed by atoms with Crippen LogP contribution in [0.4, 0.5) is 0 Å². The number of nitrogens with zero attached hydrogens (tertiary/aromatic N) is 5.